The zero-order chi connectivity index (χ0) is 29.5. The molecule has 216 valence electrons. The number of likely N-dealkylation sites (tertiary alicyclic amines) is 1. The second-order valence-corrected chi connectivity index (χ2v) is 12.1. The van der Waals surface area contributed by atoms with E-state index in [1.807, 2.05) is 30.3 Å². The van der Waals surface area contributed by atoms with Gasteiger partial charge in [-0.3, -0.25) is 13.9 Å². The average Bonchev–Trinajstić information content (AvgIpc) is 3.37. The lowest BCUT2D eigenvalue weighted by molar-refractivity contribution is 0.0186. The van der Waals surface area contributed by atoms with Crippen LogP contribution in [0.1, 0.15) is 45.2 Å². The lowest BCUT2D eigenvalue weighted by Gasteiger charge is -2.34. The number of ether oxygens (including phenoxy) is 2. The molecular formula is C30H31F2N3O5S. The Morgan fingerprint density at radius 2 is 1.66 bits per heavy atom. The molecule has 2 aromatic carbocycles. The maximum Gasteiger partial charge on any atom is 0.410 e. The number of fused-ring (bicyclic) bond motifs is 1. The van der Waals surface area contributed by atoms with E-state index < -0.39 is 46.4 Å². The third kappa shape index (κ3) is 5.76. The van der Waals surface area contributed by atoms with Crippen LogP contribution in [-0.4, -0.2) is 45.9 Å². The van der Waals surface area contributed by atoms with Gasteiger partial charge in [0.1, 0.15) is 10.3 Å². The monoisotopic (exact) mass is 583 g/mol. The van der Waals surface area contributed by atoms with Crippen LogP contribution in [-0.2, 0) is 11.3 Å². The Morgan fingerprint density at radius 3 is 2.24 bits per heavy atom. The molecule has 4 aromatic rings. The van der Waals surface area contributed by atoms with Gasteiger partial charge >= 0.3 is 11.8 Å². The van der Waals surface area contributed by atoms with Crippen LogP contribution in [0.25, 0.3) is 20.7 Å². The van der Waals surface area contributed by atoms with Crippen molar-refractivity contribution in [3.63, 3.8) is 0 Å². The van der Waals surface area contributed by atoms with Crippen molar-refractivity contribution in [1.82, 2.24) is 14.0 Å². The molecule has 1 amide bonds. The number of hydrogen-bond acceptors (Lipinski definition) is 6. The molecule has 11 heteroatoms. The SMILES string of the molecule is COc1c(F)cc(Cn2c(=O)n(C3CCN(C(=O)OC(C)(C)C)CC3)c(=O)c3sc(-c4ccccc4)cc32)cc1F. The minimum absolute atomic E-state index is 0.158. The summed E-state index contributed by atoms with van der Waals surface area (Å²) in [5.41, 5.74) is -0.154. The molecule has 0 bridgehead atoms. The smallest absolute Gasteiger partial charge is 0.410 e. The van der Waals surface area contributed by atoms with Crippen LogP contribution < -0.4 is 16.0 Å². The Bertz CT molecular complexity index is 1690. The van der Waals surface area contributed by atoms with E-state index in [9.17, 15) is 23.2 Å². The molecule has 1 aliphatic heterocycles. The Balaban J connectivity index is 1.58. The molecule has 8 nitrogen and oxygen atoms in total. The van der Waals surface area contributed by atoms with Crippen LogP contribution in [0.15, 0.2) is 58.1 Å². The predicted octanol–water partition coefficient (Wildman–Crippen LogP) is 5.80. The number of rotatable bonds is 5. The van der Waals surface area contributed by atoms with Gasteiger partial charge < -0.3 is 14.4 Å². The molecule has 0 N–H and O–H groups in total. The van der Waals surface area contributed by atoms with Crippen molar-refractivity contribution in [2.24, 2.45) is 0 Å². The highest BCUT2D eigenvalue weighted by atomic mass is 32.1. The fourth-order valence-electron chi connectivity index (χ4n) is 5.10. The lowest BCUT2D eigenvalue weighted by atomic mass is 10.1. The van der Waals surface area contributed by atoms with Gasteiger partial charge in [-0.2, -0.15) is 0 Å². The Morgan fingerprint density at radius 1 is 1.02 bits per heavy atom. The summed E-state index contributed by atoms with van der Waals surface area (Å²) in [6.07, 6.45) is 0.316. The third-order valence-electron chi connectivity index (χ3n) is 7.00. The third-order valence-corrected chi connectivity index (χ3v) is 8.16. The van der Waals surface area contributed by atoms with Crippen LogP contribution >= 0.6 is 11.3 Å². The number of nitrogens with zero attached hydrogens (tertiary/aromatic N) is 3. The first kappa shape index (κ1) is 28.5. The molecule has 41 heavy (non-hydrogen) atoms. The number of halogens is 2. The van der Waals surface area contributed by atoms with Gasteiger partial charge in [-0.15, -0.1) is 11.3 Å². The summed E-state index contributed by atoms with van der Waals surface area (Å²) in [4.78, 5) is 42.7. The largest absolute Gasteiger partial charge is 0.491 e. The van der Waals surface area contributed by atoms with E-state index in [1.54, 1.807) is 31.7 Å². The van der Waals surface area contributed by atoms with Crippen LogP contribution in [0.2, 0.25) is 0 Å². The first-order valence-electron chi connectivity index (χ1n) is 13.3. The minimum atomic E-state index is -0.884. The summed E-state index contributed by atoms with van der Waals surface area (Å²) in [6.45, 7) is 5.85. The zero-order valence-electron chi connectivity index (χ0n) is 23.3. The Hall–Kier alpha value is -3.99. The number of carbonyl (C=O) groups excluding carboxylic acids is 1. The van der Waals surface area contributed by atoms with Crippen molar-refractivity contribution in [3.8, 4) is 16.2 Å². The molecule has 3 heterocycles. The Kier molecular flexibility index (Phi) is 7.74. The molecule has 5 rings (SSSR count). The van der Waals surface area contributed by atoms with Gasteiger partial charge in [-0.25, -0.2) is 18.4 Å². The summed E-state index contributed by atoms with van der Waals surface area (Å²) < 4.78 is 42.3. The number of amides is 1. The standard InChI is InChI=1S/C30H31F2N3O5S/c1-30(2,3)40-29(38)33-12-10-20(11-13-33)35-27(36)26-23(16-24(41-26)19-8-6-5-7-9-19)34(28(35)37)17-18-14-21(31)25(39-4)22(32)15-18/h5-9,14-16,20H,10-13,17H2,1-4H3. The fraction of sp³-hybridized carbons (Fsp3) is 0.367. The molecule has 1 aliphatic rings. The van der Waals surface area contributed by atoms with Crippen LogP contribution in [0.4, 0.5) is 13.6 Å². The average molecular weight is 584 g/mol. The van der Waals surface area contributed by atoms with Gasteiger partial charge in [-0.05, 0) is 62.9 Å². The second-order valence-electron chi connectivity index (χ2n) is 11.0. The highest BCUT2D eigenvalue weighted by Crippen LogP contribution is 2.33. The quantitative estimate of drug-likeness (QED) is 0.297. The van der Waals surface area contributed by atoms with Crippen LogP contribution in [0, 0.1) is 11.6 Å². The van der Waals surface area contributed by atoms with Gasteiger partial charge in [-0.1, -0.05) is 30.3 Å². The van der Waals surface area contributed by atoms with Gasteiger partial charge in [0.15, 0.2) is 17.4 Å². The molecule has 0 spiro atoms. The molecule has 0 aliphatic carbocycles. The Labute approximate surface area is 239 Å². The van der Waals surface area contributed by atoms with E-state index in [0.29, 0.717) is 36.1 Å². The number of hydrogen-bond donors (Lipinski definition) is 0. The molecular weight excluding hydrogens is 552 g/mol. The summed E-state index contributed by atoms with van der Waals surface area (Å²) in [7, 11) is 1.18. The van der Waals surface area contributed by atoms with Gasteiger partial charge in [0.25, 0.3) is 5.56 Å². The normalized spacial score (nSPS) is 14.4. The van der Waals surface area contributed by atoms with Crippen molar-refractivity contribution in [2.75, 3.05) is 20.2 Å². The van der Waals surface area contributed by atoms with Gasteiger partial charge in [0, 0.05) is 24.0 Å². The predicted molar refractivity (Wildman–Crippen MR) is 154 cm³/mol. The fourth-order valence-corrected chi connectivity index (χ4v) is 6.20. The summed E-state index contributed by atoms with van der Waals surface area (Å²) >= 11 is 1.27. The lowest BCUT2D eigenvalue weighted by Crippen LogP contribution is -2.47. The molecule has 0 atom stereocenters. The van der Waals surface area contributed by atoms with Crippen molar-refractivity contribution in [1.29, 1.82) is 0 Å². The van der Waals surface area contributed by atoms with Gasteiger partial charge in [0.2, 0.25) is 0 Å². The van der Waals surface area contributed by atoms with E-state index >= 15 is 0 Å². The van der Waals surface area contributed by atoms with E-state index in [2.05, 4.69) is 0 Å². The second kappa shape index (κ2) is 11.1. The van der Waals surface area contributed by atoms with Gasteiger partial charge in [0.05, 0.1) is 19.2 Å². The molecule has 0 saturated carbocycles. The minimum Gasteiger partial charge on any atom is -0.491 e. The van der Waals surface area contributed by atoms with Crippen molar-refractivity contribution in [3.05, 3.63) is 86.6 Å². The van der Waals surface area contributed by atoms with E-state index in [1.165, 1.54) is 27.6 Å². The number of piperidine rings is 1. The molecule has 0 radical (unpaired) electrons. The highest BCUT2D eigenvalue weighted by molar-refractivity contribution is 7.22. The number of thiophene rings is 1. The van der Waals surface area contributed by atoms with Crippen molar-refractivity contribution < 1.29 is 23.0 Å². The van der Waals surface area contributed by atoms with Crippen molar-refractivity contribution in [2.45, 2.75) is 51.8 Å². The summed E-state index contributed by atoms with van der Waals surface area (Å²) in [6, 6.07) is 13.0. The first-order chi connectivity index (χ1) is 19.5. The molecule has 2 aromatic heterocycles. The number of carbonyl (C=O) groups is 1. The maximum atomic E-state index is 14.5. The summed E-state index contributed by atoms with van der Waals surface area (Å²) in [5.74, 6) is -2.27. The van der Waals surface area contributed by atoms with E-state index in [0.717, 1.165) is 22.6 Å². The molecule has 1 fully saturated rings. The summed E-state index contributed by atoms with van der Waals surface area (Å²) in [5, 5.41) is 0. The molecule has 1 saturated heterocycles. The maximum absolute atomic E-state index is 14.5. The van der Waals surface area contributed by atoms with Crippen molar-refractivity contribution >= 4 is 27.6 Å². The highest BCUT2D eigenvalue weighted by Gasteiger charge is 2.30. The topological polar surface area (TPSA) is 82.8 Å². The molecule has 0 unspecified atom stereocenters. The zero-order valence-corrected chi connectivity index (χ0v) is 24.1. The number of benzene rings is 2. The van der Waals surface area contributed by atoms with Crippen LogP contribution in [0.3, 0.4) is 0 Å². The van der Waals surface area contributed by atoms with E-state index in [-0.39, 0.29) is 12.1 Å². The van der Waals surface area contributed by atoms with E-state index in [4.69, 9.17) is 9.47 Å². The van der Waals surface area contributed by atoms with Crippen LogP contribution in [0.5, 0.6) is 5.75 Å². The number of aromatic nitrogens is 2. The first-order valence-corrected chi connectivity index (χ1v) is 14.1. The number of methoxy groups -OCH3 is 1.